The molecule has 0 saturated carbocycles. The fraction of sp³-hybridized carbons (Fsp3) is 0.462. The molecular weight excluding hydrogens is 448 g/mol. The van der Waals surface area contributed by atoms with Gasteiger partial charge in [-0.2, -0.15) is 5.10 Å². The number of carbonyl (C=O) groups excluding carboxylic acids is 1. The van der Waals surface area contributed by atoms with Gasteiger partial charge >= 0.3 is 0 Å². The minimum absolute atomic E-state index is 0.0618. The van der Waals surface area contributed by atoms with Gasteiger partial charge in [-0.3, -0.25) is 14.4 Å². The molecule has 2 aliphatic heterocycles. The van der Waals surface area contributed by atoms with Gasteiger partial charge in [0.05, 0.1) is 19.8 Å². The van der Waals surface area contributed by atoms with Gasteiger partial charge in [0.25, 0.3) is 5.91 Å². The van der Waals surface area contributed by atoms with Crippen molar-refractivity contribution in [2.45, 2.75) is 51.9 Å². The molecule has 0 bridgehead atoms. The molecule has 2 aromatic heterocycles. The Hall–Kier alpha value is -2.68. The van der Waals surface area contributed by atoms with Crippen LogP contribution in [0, 0.1) is 6.92 Å². The van der Waals surface area contributed by atoms with E-state index in [1.165, 1.54) is 9.75 Å². The Kier molecular flexibility index (Phi) is 6.72. The number of hydrogen-bond donors (Lipinski definition) is 1. The standard InChI is InChI=1S/C26H32N4O3S/c1-18-8-9-22(34-18)16-28-12-10-24-23(17-28)25(26(32)29-11-4-6-20(31)15-29)27-30(24)14-19-5-3-7-21(13-19)33-2/h3,5,7-9,13,20,31H,4,6,10-12,14-17H2,1-2H3. The van der Waals surface area contributed by atoms with Crippen LogP contribution in [0.15, 0.2) is 36.4 Å². The van der Waals surface area contributed by atoms with Crippen LogP contribution < -0.4 is 4.74 Å². The number of aromatic nitrogens is 2. The monoisotopic (exact) mass is 480 g/mol. The Morgan fingerprint density at radius 2 is 2.12 bits per heavy atom. The maximum Gasteiger partial charge on any atom is 0.274 e. The first kappa shape index (κ1) is 23.1. The lowest BCUT2D eigenvalue weighted by atomic mass is 10.0. The van der Waals surface area contributed by atoms with Gasteiger partial charge in [-0.25, -0.2) is 0 Å². The summed E-state index contributed by atoms with van der Waals surface area (Å²) in [5, 5.41) is 15.0. The van der Waals surface area contributed by atoms with Crippen molar-refractivity contribution in [3.05, 3.63) is 68.7 Å². The summed E-state index contributed by atoms with van der Waals surface area (Å²) in [6.07, 6.45) is 1.97. The SMILES string of the molecule is COc1cccc(Cn2nc(C(=O)N3CCCC(O)C3)c3c2CCN(Cc2ccc(C)s2)C3)c1. The molecule has 4 heterocycles. The molecule has 0 spiro atoms. The average Bonchev–Trinajstić information content (AvgIpc) is 3.41. The van der Waals surface area contributed by atoms with E-state index >= 15 is 0 Å². The molecule has 5 rings (SSSR count). The fourth-order valence-corrected chi connectivity index (χ4v) is 5.94. The van der Waals surface area contributed by atoms with Crippen molar-refractivity contribution in [1.82, 2.24) is 19.6 Å². The van der Waals surface area contributed by atoms with E-state index in [2.05, 4.69) is 30.0 Å². The molecule has 2 aliphatic rings. The summed E-state index contributed by atoms with van der Waals surface area (Å²) >= 11 is 1.83. The summed E-state index contributed by atoms with van der Waals surface area (Å²) in [5.41, 5.74) is 3.81. The molecule has 1 unspecified atom stereocenters. The third-order valence-electron chi connectivity index (χ3n) is 6.74. The summed E-state index contributed by atoms with van der Waals surface area (Å²) in [4.78, 5) is 20.4. The lowest BCUT2D eigenvalue weighted by molar-refractivity contribution is 0.0466. The van der Waals surface area contributed by atoms with E-state index in [9.17, 15) is 9.90 Å². The van der Waals surface area contributed by atoms with E-state index in [-0.39, 0.29) is 5.91 Å². The van der Waals surface area contributed by atoms with Crippen molar-refractivity contribution in [1.29, 1.82) is 0 Å². The van der Waals surface area contributed by atoms with Gasteiger partial charge in [0.1, 0.15) is 5.75 Å². The zero-order valence-electron chi connectivity index (χ0n) is 19.9. The molecule has 0 aliphatic carbocycles. The Bertz CT molecular complexity index is 1170. The quantitative estimate of drug-likeness (QED) is 0.585. The van der Waals surface area contributed by atoms with Crippen molar-refractivity contribution in [3.8, 4) is 5.75 Å². The Morgan fingerprint density at radius 1 is 1.24 bits per heavy atom. The lowest BCUT2D eigenvalue weighted by Crippen LogP contribution is -2.43. The molecule has 180 valence electrons. The fourth-order valence-electron chi connectivity index (χ4n) is 5.01. The zero-order chi connectivity index (χ0) is 23.7. The number of thiophene rings is 1. The highest BCUT2D eigenvalue weighted by Gasteiger charge is 2.32. The third-order valence-corrected chi connectivity index (χ3v) is 7.73. The number of amides is 1. The van der Waals surface area contributed by atoms with Crippen molar-refractivity contribution in [3.63, 3.8) is 0 Å². The van der Waals surface area contributed by atoms with Crippen LogP contribution in [0.3, 0.4) is 0 Å². The number of hydrogen-bond acceptors (Lipinski definition) is 6. The molecule has 1 atom stereocenters. The maximum absolute atomic E-state index is 13.6. The van der Waals surface area contributed by atoms with Crippen molar-refractivity contribution in [2.75, 3.05) is 26.7 Å². The molecule has 1 aromatic carbocycles. The van der Waals surface area contributed by atoms with Gasteiger partial charge in [0, 0.05) is 60.2 Å². The van der Waals surface area contributed by atoms with E-state index in [4.69, 9.17) is 9.84 Å². The van der Waals surface area contributed by atoms with Crippen LogP contribution in [0.1, 0.15) is 49.9 Å². The Labute approximate surface area is 204 Å². The second-order valence-electron chi connectivity index (χ2n) is 9.30. The van der Waals surface area contributed by atoms with Crippen LogP contribution in [0.25, 0.3) is 0 Å². The summed E-state index contributed by atoms with van der Waals surface area (Å²) in [6.45, 7) is 6.31. The minimum Gasteiger partial charge on any atom is -0.497 e. The van der Waals surface area contributed by atoms with Gasteiger partial charge in [-0.15, -0.1) is 11.3 Å². The number of rotatable bonds is 6. The molecule has 7 nitrogen and oxygen atoms in total. The summed E-state index contributed by atoms with van der Waals surface area (Å²) in [7, 11) is 1.67. The van der Waals surface area contributed by atoms with Crippen molar-refractivity contribution in [2.24, 2.45) is 0 Å². The van der Waals surface area contributed by atoms with Crippen LogP contribution >= 0.6 is 11.3 Å². The molecule has 0 radical (unpaired) electrons. The molecule has 1 amide bonds. The smallest absolute Gasteiger partial charge is 0.274 e. The van der Waals surface area contributed by atoms with E-state index in [1.807, 2.05) is 34.2 Å². The van der Waals surface area contributed by atoms with E-state index in [0.717, 1.165) is 54.9 Å². The van der Waals surface area contributed by atoms with Gasteiger partial charge < -0.3 is 14.7 Å². The number of fused-ring (bicyclic) bond motifs is 1. The van der Waals surface area contributed by atoms with Crippen LogP contribution in [-0.4, -0.2) is 63.4 Å². The first-order valence-electron chi connectivity index (χ1n) is 12.0. The summed E-state index contributed by atoms with van der Waals surface area (Å²) in [6, 6.07) is 12.4. The second-order valence-corrected chi connectivity index (χ2v) is 10.7. The first-order valence-corrected chi connectivity index (χ1v) is 12.8. The molecule has 1 saturated heterocycles. The van der Waals surface area contributed by atoms with Crippen LogP contribution in [0.5, 0.6) is 5.75 Å². The molecule has 8 heteroatoms. The predicted molar refractivity (Wildman–Crippen MR) is 132 cm³/mol. The largest absolute Gasteiger partial charge is 0.497 e. The molecule has 34 heavy (non-hydrogen) atoms. The highest BCUT2D eigenvalue weighted by Crippen LogP contribution is 2.28. The van der Waals surface area contributed by atoms with Gasteiger partial charge in [0.15, 0.2) is 5.69 Å². The number of aryl methyl sites for hydroxylation is 1. The molecular formula is C26H32N4O3S. The molecule has 1 fully saturated rings. The lowest BCUT2D eigenvalue weighted by Gasteiger charge is -2.31. The number of methoxy groups -OCH3 is 1. The number of carbonyl (C=O) groups is 1. The number of aliphatic hydroxyl groups is 1. The Balaban J connectivity index is 1.45. The third kappa shape index (κ3) is 4.89. The highest BCUT2D eigenvalue weighted by atomic mass is 32.1. The van der Waals surface area contributed by atoms with Gasteiger partial charge in [0.2, 0.25) is 0 Å². The predicted octanol–water partition coefficient (Wildman–Crippen LogP) is 3.47. The van der Waals surface area contributed by atoms with E-state index in [0.29, 0.717) is 31.9 Å². The molecule has 3 aromatic rings. The second kappa shape index (κ2) is 9.90. The minimum atomic E-state index is -0.453. The van der Waals surface area contributed by atoms with E-state index in [1.54, 1.807) is 12.0 Å². The number of piperidine rings is 1. The van der Waals surface area contributed by atoms with Gasteiger partial charge in [-0.1, -0.05) is 12.1 Å². The van der Waals surface area contributed by atoms with Crippen molar-refractivity contribution >= 4 is 17.2 Å². The maximum atomic E-state index is 13.6. The van der Waals surface area contributed by atoms with Crippen LogP contribution in [-0.2, 0) is 26.1 Å². The number of aliphatic hydroxyl groups excluding tert-OH is 1. The van der Waals surface area contributed by atoms with Crippen molar-refractivity contribution < 1.29 is 14.6 Å². The normalized spacial score (nSPS) is 18.7. The molecule has 1 N–H and O–H groups in total. The number of benzene rings is 1. The summed E-state index contributed by atoms with van der Waals surface area (Å²) < 4.78 is 7.39. The first-order chi connectivity index (χ1) is 16.5. The van der Waals surface area contributed by atoms with Crippen LogP contribution in [0.4, 0.5) is 0 Å². The number of nitrogens with zero attached hydrogens (tertiary/aromatic N) is 4. The number of likely N-dealkylation sites (tertiary alicyclic amines) is 1. The Morgan fingerprint density at radius 3 is 2.88 bits per heavy atom. The summed E-state index contributed by atoms with van der Waals surface area (Å²) in [5.74, 6) is 0.753. The average molecular weight is 481 g/mol. The topological polar surface area (TPSA) is 70.8 Å². The van der Waals surface area contributed by atoms with E-state index < -0.39 is 6.10 Å². The van der Waals surface area contributed by atoms with Crippen LogP contribution in [0.2, 0.25) is 0 Å². The zero-order valence-corrected chi connectivity index (χ0v) is 20.7. The van der Waals surface area contributed by atoms with Gasteiger partial charge in [-0.05, 0) is 49.6 Å². The number of ether oxygens (including phenoxy) is 1. The number of β-amino-alcohol motifs (C(OH)–C–C–N with tert-alkyl or cyclic N) is 1. The highest BCUT2D eigenvalue weighted by molar-refractivity contribution is 7.11.